The summed E-state index contributed by atoms with van der Waals surface area (Å²) in [6, 6.07) is 10.1. The predicted molar refractivity (Wildman–Crippen MR) is 87.1 cm³/mol. The highest BCUT2D eigenvalue weighted by atomic mass is 15.3. The topological polar surface area (TPSA) is 45.2 Å². The molecule has 0 fully saturated rings. The van der Waals surface area contributed by atoms with Crippen LogP contribution in [-0.2, 0) is 0 Å². The van der Waals surface area contributed by atoms with Crippen molar-refractivity contribution in [2.24, 2.45) is 0 Å². The first-order valence-corrected chi connectivity index (χ1v) is 7.49. The number of hydrogen-bond donors (Lipinski definition) is 0. The maximum absolute atomic E-state index is 4.66. The third-order valence-electron chi connectivity index (χ3n) is 3.29. The highest BCUT2D eigenvalue weighted by Gasteiger charge is 2.12. The second kappa shape index (κ2) is 7.57. The predicted octanol–water partition coefficient (Wildman–Crippen LogP) is 3.27. The first-order valence-electron chi connectivity index (χ1n) is 7.49. The highest BCUT2D eigenvalue weighted by Crippen LogP contribution is 2.21. The molecule has 2 rings (SSSR count). The van der Waals surface area contributed by atoms with Gasteiger partial charge in [-0.2, -0.15) is 10.1 Å². The fourth-order valence-corrected chi connectivity index (χ4v) is 2.22. The smallest absolute Gasteiger partial charge is 0.247 e. The van der Waals surface area contributed by atoms with Crippen molar-refractivity contribution in [2.45, 2.75) is 26.7 Å². The fraction of sp³-hybridized carbons (Fsp3) is 0.438. The summed E-state index contributed by atoms with van der Waals surface area (Å²) in [7, 11) is 1.99. The molecule has 2 aromatic rings. The molecule has 112 valence electrons. The Balaban J connectivity index is 2.24. The summed E-state index contributed by atoms with van der Waals surface area (Å²) >= 11 is 0. The van der Waals surface area contributed by atoms with Crippen LogP contribution in [0.3, 0.4) is 0 Å². The molecule has 0 aliphatic rings. The molecule has 0 saturated heterocycles. The van der Waals surface area contributed by atoms with Gasteiger partial charge >= 0.3 is 0 Å². The summed E-state index contributed by atoms with van der Waals surface area (Å²) in [6.07, 6.45) is 3.84. The lowest BCUT2D eigenvalue weighted by molar-refractivity contribution is 0.709. The van der Waals surface area contributed by atoms with Crippen LogP contribution in [0.25, 0.3) is 0 Å². The van der Waals surface area contributed by atoms with E-state index in [0.717, 1.165) is 37.4 Å². The zero-order chi connectivity index (χ0) is 15.1. The van der Waals surface area contributed by atoms with E-state index in [0.29, 0.717) is 5.95 Å². The van der Waals surface area contributed by atoms with Gasteiger partial charge in [0, 0.05) is 25.8 Å². The summed E-state index contributed by atoms with van der Waals surface area (Å²) in [5.74, 6) is 1.52. The lowest BCUT2D eigenvalue weighted by Crippen LogP contribution is -2.28. The molecule has 0 aliphatic carbocycles. The molecule has 1 aromatic heterocycles. The van der Waals surface area contributed by atoms with E-state index in [4.69, 9.17) is 0 Å². The maximum Gasteiger partial charge on any atom is 0.247 e. The van der Waals surface area contributed by atoms with Crippen molar-refractivity contribution in [3.05, 3.63) is 36.5 Å². The lowest BCUT2D eigenvalue weighted by atomic mass is 10.3. The molecular weight excluding hydrogens is 262 g/mol. The second-order valence-corrected chi connectivity index (χ2v) is 5.00. The van der Waals surface area contributed by atoms with E-state index in [2.05, 4.69) is 46.1 Å². The Hall–Kier alpha value is -2.17. The SMILES string of the molecule is CCCN(CCC)c1nncc(N(C)c2ccccc2)n1. The molecule has 0 aliphatic heterocycles. The Morgan fingerprint density at radius 3 is 2.29 bits per heavy atom. The van der Waals surface area contributed by atoms with Gasteiger partial charge in [-0.05, 0) is 25.0 Å². The van der Waals surface area contributed by atoms with E-state index in [1.807, 2.05) is 30.1 Å². The van der Waals surface area contributed by atoms with Gasteiger partial charge in [-0.3, -0.25) is 0 Å². The Labute approximate surface area is 126 Å². The minimum Gasteiger partial charge on any atom is -0.339 e. The third kappa shape index (κ3) is 3.90. The zero-order valence-corrected chi connectivity index (χ0v) is 13.0. The Morgan fingerprint density at radius 1 is 1.00 bits per heavy atom. The molecule has 0 bridgehead atoms. The normalized spacial score (nSPS) is 10.4. The lowest BCUT2D eigenvalue weighted by Gasteiger charge is -2.23. The number of benzene rings is 1. The number of para-hydroxylation sites is 1. The Kier molecular flexibility index (Phi) is 5.49. The van der Waals surface area contributed by atoms with E-state index in [9.17, 15) is 0 Å². The van der Waals surface area contributed by atoms with Crippen LogP contribution in [0.5, 0.6) is 0 Å². The summed E-state index contributed by atoms with van der Waals surface area (Å²) < 4.78 is 0. The molecular formula is C16H23N5. The maximum atomic E-state index is 4.66. The molecule has 0 amide bonds. The van der Waals surface area contributed by atoms with Gasteiger partial charge in [0.2, 0.25) is 5.95 Å². The number of hydrogen-bond acceptors (Lipinski definition) is 5. The molecule has 1 aromatic carbocycles. The van der Waals surface area contributed by atoms with Crippen LogP contribution >= 0.6 is 0 Å². The van der Waals surface area contributed by atoms with Gasteiger partial charge in [0.15, 0.2) is 5.82 Å². The van der Waals surface area contributed by atoms with Gasteiger partial charge in [-0.15, -0.1) is 5.10 Å². The van der Waals surface area contributed by atoms with Gasteiger partial charge in [0.1, 0.15) is 0 Å². The molecule has 0 saturated carbocycles. The summed E-state index contributed by atoms with van der Waals surface area (Å²) in [6.45, 7) is 6.23. The molecule has 0 atom stereocenters. The minimum atomic E-state index is 0.707. The van der Waals surface area contributed by atoms with E-state index in [-0.39, 0.29) is 0 Å². The van der Waals surface area contributed by atoms with Gasteiger partial charge in [-0.25, -0.2) is 0 Å². The quantitative estimate of drug-likeness (QED) is 0.781. The van der Waals surface area contributed by atoms with E-state index >= 15 is 0 Å². The van der Waals surface area contributed by atoms with Crippen LogP contribution in [0, 0.1) is 0 Å². The van der Waals surface area contributed by atoms with Crippen molar-refractivity contribution in [3.8, 4) is 0 Å². The molecule has 0 radical (unpaired) electrons. The van der Waals surface area contributed by atoms with Gasteiger partial charge in [0.25, 0.3) is 0 Å². The van der Waals surface area contributed by atoms with Crippen LogP contribution in [0.15, 0.2) is 36.5 Å². The van der Waals surface area contributed by atoms with Crippen molar-refractivity contribution in [3.63, 3.8) is 0 Å². The molecule has 5 heteroatoms. The average molecular weight is 285 g/mol. The fourth-order valence-electron chi connectivity index (χ4n) is 2.22. The van der Waals surface area contributed by atoms with Crippen LogP contribution in [0.1, 0.15) is 26.7 Å². The Morgan fingerprint density at radius 2 is 1.67 bits per heavy atom. The second-order valence-electron chi connectivity index (χ2n) is 5.00. The van der Waals surface area contributed by atoms with Crippen molar-refractivity contribution in [1.82, 2.24) is 15.2 Å². The van der Waals surface area contributed by atoms with Crippen molar-refractivity contribution in [2.75, 3.05) is 29.9 Å². The summed E-state index contributed by atoms with van der Waals surface area (Å²) in [5, 5.41) is 8.31. The average Bonchev–Trinajstić information content (AvgIpc) is 2.55. The first kappa shape index (κ1) is 15.2. The summed E-state index contributed by atoms with van der Waals surface area (Å²) in [5.41, 5.74) is 1.08. The molecule has 0 unspecified atom stereocenters. The van der Waals surface area contributed by atoms with Crippen molar-refractivity contribution in [1.29, 1.82) is 0 Å². The number of aromatic nitrogens is 3. The molecule has 5 nitrogen and oxygen atoms in total. The Bertz CT molecular complexity index is 537. The van der Waals surface area contributed by atoms with Gasteiger partial charge < -0.3 is 9.80 Å². The van der Waals surface area contributed by atoms with Crippen LogP contribution in [-0.4, -0.2) is 35.3 Å². The van der Waals surface area contributed by atoms with E-state index < -0.39 is 0 Å². The van der Waals surface area contributed by atoms with Gasteiger partial charge in [0.05, 0.1) is 6.20 Å². The number of nitrogens with zero attached hydrogens (tertiary/aromatic N) is 5. The number of anilines is 3. The van der Waals surface area contributed by atoms with Crippen LogP contribution < -0.4 is 9.80 Å². The molecule has 21 heavy (non-hydrogen) atoms. The van der Waals surface area contributed by atoms with Crippen LogP contribution in [0.4, 0.5) is 17.5 Å². The van der Waals surface area contributed by atoms with Gasteiger partial charge in [-0.1, -0.05) is 32.0 Å². The monoisotopic (exact) mass is 285 g/mol. The molecule has 0 spiro atoms. The summed E-state index contributed by atoms with van der Waals surface area (Å²) in [4.78, 5) is 8.88. The zero-order valence-electron chi connectivity index (χ0n) is 13.0. The molecule has 1 heterocycles. The standard InChI is InChI=1S/C16H23N5/c1-4-11-21(12-5-2)16-18-15(13-17-19-16)20(3)14-9-7-6-8-10-14/h6-10,13H,4-5,11-12H2,1-3H3. The first-order chi connectivity index (χ1) is 10.3. The largest absolute Gasteiger partial charge is 0.339 e. The van der Waals surface area contributed by atoms with E-state index in [1.54, 1.807) is 6.20 Å². The van der Waals surface area contributed by atoms with E-state index in [1.165, 1.54) is 0 Å². The third-order valence-corrected chi connectivity index (χ3v) is 3.29. The molecule has 0 N–H and O–H groups in total. The number of rotatable bonds is 7. The highest BCUT2D eigenvalue weighted by molar-refractivity contribution is 5.58. The van der Waals surface area contributed by atoms with Crippen LogP contribution in [0.2, 0.25) is 0 Å². The van der Waals surface area contributed by atoms with Crippen molar-refractivity contribution >= 4 is 17.5 Å². The minimum absolute atomic E-state index is 0.707. The van der Waals surface area contributed by atoms with Crippen molar-refractivity contribution < 1.29 is 0 Å².